The number of hydrogen-bond donors (Lipinski definition) is 2. The minimum atomic E-state index is -3.71. The van der Waals surface area contributed by atoms with Gasteiger partial charge >= 0.3 is 0 Å². The maximum absolute atomic E-state index is 12.4. The van der Waals surface area contributed by atoms with Crippen LogP contribution < -0.4 is 10.0 Å². The fourth-order valence-electron chi connectivity index (χ4n) is 2.92. The first-order valence-electron chi connectivity index (χ1n) is 8.06. The summed E-state index contributed by atoms with van der Waals surface area (Å²) in [5.74, 6) is -0.113. The van der Waals surface area contributed by atoms with Crippen LogP contribution in [0.4, 0.5) is 0 Å². The second kappa shape index (κ2) is 7.54. The molecular formula is C15H20N4O3S2. The molecule has 1 amide bonds. The number of benzene rings is 1. The highest BCUT2D eigenvalue weighted by atomic mass is 32.2. The zero-order valence-corrected chi connectivity index (χ0v) is 14.8. The number of carbonyl (C=O) groups excluding carboxylic acids is 1. The number of fused-ring (bicyclic) bond motifs is 1. The van der Waals surface area contributed by atoms with E-state index in [1.165, 1.54) is 12.5 Å². The standard InChI is InChI=1S/C15H20N4O3S2/c20-14(17-11-5-2-1-3-6-11)9-10-16-24(21,22)13-8-4-7-12-15(13)19-23-18-12/h4,7-8,11,16H,1-3,5-6,9-10H2,(H,17,20). The van der Waals surface area contributed by atoms with Crippen molar-refractivity contribution in [3.8, 4) is 0 Å². The van der Waals surface area contributed by atoms with Crippen LogP contribution in [0.25, 0.3) is 11.0 Å². The van der Waals surface area contributed by atoms with Crippen LogP contribution in [0.1, 0.15) is 38.5 Å². The van der Waals surface area contributed by atoms with Crippen LogP contribution in [0, 0.1) is 0 Å². The van der Waals surface area contributed by atoms with Crippen molar-refractivity contribution < 1.29 is 13.2 Å². The van der Waals surface area contributed by atoms with Gasteiger partial charge in [0.15, 0.2) is 0 Å². The lowest BCUT2D eigenvalue weighted by Crippen LogP contribution is -2.38. The molecule has 1 fully saturated rings. The molecule has 1 aliphatic carbocycles. The molecule has 1 aromatic carbocycles. The van der Waals surface area contributed by atoms with Crippen LogP contribution >= 0.6 is 11.7 Å². The normalized spacial score (nSPS) is 16.3. The molecule has 24 heavy (non-hydrogen) atoms. The molecule has 1 aliphatic rings. The molecule has 1 heterocycles. The summed E-state index contributed by atoms with van der Waals surface area (Å²) in [6.45, 7) is 0.0643. The van der Waals surface area contributed by atoms with E-state index in [9.17, 15) is 13.2 Å². The Morgan fingerprint density at radius 3 is 2.79 bits per heavy atom. The molecule has 2 aromatic rings. The van der Waals surface area contributed by atoms with Gasteiger partial charge in [-0.1, -0.05) is 25.3 Å². The second-order valence-corrected chi connectivity index (χ2v) is 8.20. The van der Waals surface area contributed by atoms with E-state index in [1.807, 2.05) is 0 Å². The molecule has 0 saturated heterocycles. The van der Waals surface area contributed by atoms with Crippen LogP contribution in [-0.2, 0) is 14.8 Å². The first kappa shape index (κ1) is 17.2. The van der Waals surface area contributed by atoms with Crippen molar-refractivity contribution in [1.29, 1.82) is 0 Å². The van der Waals surface area contributed by atoms with E-state index >= 15 is 0 Å². The average Bonchev–Trinajstić information content (AvgIpc) is 3.04. The SMILES string of the molecule is O=C(CCNS(=O)(=O)c1cccc2nsnc12)NC1CCCCC1. The molecule has 0 bridgehead atoms. The number of hydrogen-bond acceptors (Lipinski definition) is 6. The van der Waals surface area contributed by atoms with Crippen molar-refractivity contribution >= 4 is 38.7 Å². The molecule has 3 rings (SSSR count). The summed E-state index contributed by atoms with van der Waals surface area (Å²) in [5.41, 5.74) is 0.916. The summed E-state index contributed by atoms with van der Waals surface area (Å²) in [6.07, 6.45) is 5.66. The maximum Gasteiger partial charge on any atom is 0.242 e. The summed E-state index contributed by atoms with van der Waals surface area (Å²) in [4.78, 5) is 12.0. The number of rotatable bonds is 6. The van der Waals surface area contributed by atoms with Gasteiger partial charge in [0.25, 0.3) is 0 Å². The van der Waals surface area contributed by atoms with Crippen molar-refractivity contribution in [1.82, 2.24) is 18.8 Å². The summed E-state index contributed by atoms with van der Waals surface area (Å²) in [7, 11) is -3.71. The van der Waals surface area contributed by atoms with E-state index in [4.69, 9.17) is 0 Å². The molecule has 1 aromatic heterocycles. The maximum atomic E-state index is 12.4. The highest BCUT2D eigenvalue weighted by Gasteiger charge is 2.20. The fraction of sp³-hybridized carbons (Fsp3) is 0.533. The quantitative estimate of drug-likeness (QED) is 0.810. The zero-order valence-electron chi connectivity index (χ0n) is 13.2. The Morgan fingerprint density at radius 1 is 1.21 bits per heavy atom. The number of nitrogens with zero attached hydrogens (tertiary/aromatic N) is 2. The predicted molar refractivity (Wildman–Crippen MR) is 92.2 cm³/mol. The Morgan fingerprint density at radius 2 is 2.00 bits per heavy atom. The average molecular weight is 368 g/mol. The molecule has 1 saturated carbocycles. The monoisotopic (exact) mass is 368 g/mol. The summed E-state index contributed by atoms with van der Waals surface area (Å²) in [5, 5.41) is 2.98. The zero-order chi connectivity index (χ0) is 17.0. The third-order valence-corrected chi connectivity index (χ3v) is 6.19. The van der Waals surface area contributed by atoms with Crippen LogP contribution in [0.3, 0.4) is 0 Å². The molecule has 0 unspecified atom stereocenters. The molecule has 2 N–H and O–H groups in total. The number of carbonyl (C=O) groups is 1. The van der Waals surface area contributed by atoms with Crippen LogP contribution in [0.2, 0.25) is 0 Å². The minimum Gasteiger partial charge on any atom is -0.353 e. The van der Waals surface area contributed by atoms with E-state index in [0.717, 1.165) is 37.4 Å². The van der Waals surface area contributed by atoms with Gasteiger partial charge in [0.2, 0.25) is 15.9 Å². The number of nitrogens with one attached hydrogen (secondary N) is 2. The number of sulfonamides is 1. The Kier molecular flexibility index (Phi) is 5.42. The summed E-state index contributed by atoms with van der Waals surface area (Å²) >= 11 is 0.975. The molecule has 7 nitrogen and oxygen atoms in total. The number of aromatic nitrogens is 2. The van der Waals surface area contributed by atoms with Gasteiger partial charge in [-0.05, 0) is 25.0 Å². The summed E-state index contributed by atoms with van der Waals surface area (Å²) < 4.78 is 35.4. The van der Waals surface area contributed by atoms with Gasteiger partial charge in [-0.3, -0.25) is 4.79 Å². The fourth-order valence-corrected chi connectivity index (χ4v) is 4.72. The van der Waals surface area contributed by atoms with Gasteiger partial charge in [-0.25, -0.2) is 13.1 Å². The van der Waals surface area contributed by atoms with E-state index in [0.29, 0.717) is 11.0 Å². The van der Waals surface area contributed by atoms with Crippen molar-refractivity contribution in [2.45, 2.75) is 49.5 Å². The van der Waals surface area contributed by atoms with Crippen molar-refractivity contribution in [2.75, 3.05) is 6.54 Å². The van der Waals surface area contributed by atoms with Gasteiger partial charge < -0.3 is 5.32 Å². The van der Waals surface area contributed by atoms with E-state index in [-0.39, 0.29) is 29.8 Å². The lowest BCUT2D eigenvalue weighted by atomic mass is 9.95. The molecule has 130 valence electrons. The first-order chi connectivity index (χ1) is 11.6. The Hall–Kier alpha value is -1.58. The molecular weight excluding hydrogens is 348 g/mol. The minimum absolute atomic E-state index is 0.0643. The van der Waals surface area contributed by atoms with E-state index in [2.05, 4.69) is 18.8 Å². The second-order valence-electron chi connectivity index (χ2n) is 5.94. The van der Waals surface area contributed by atoms with Crippen LogP contribution in [0.15, 0.2) is 23.1 Å². The van der Waals surface area contributed by atoms with Crippen molar-refractivity contribution in [3.63, 3.8) is 0 Å². The smallest absolute Gasteiger partial charge is 0.242 e. The van der Waals surface area contributed by atoms with Crippen molar-refractivity contribution in [3.05, 3.63) is 18.2 Å². The largest absolute Gasteiger partial charge is 0.353 e. The highest BCUT2D eigenvalue weighted by molar-refractivity contribution is 7.89. The Bertz CT molecular complexity index is 813. The predicted octanol–water partition coefficient (Wildman–Crippen LogP) is 1.81. The topological polar surface area (TPSA) is 101 Å². The van der Waals surface area contributed by atoms with Crippen LogP contribution in [0.5, 0.6) is 0 Å². The van der Waals surface area contributed by atoms with E-state index in [1.54, 1.807) is 12.1 Å². The van der Waals surface area contributed by atoms with Crippen LogP contribution in [-0.4, -0.2) is 35.7 Å². The van der Waals surface area contributed by atoms with Gasteiger partial charge in [0.1, 0.15) is 15.9 Å². The third-order valence-electron chi connectivity index (χ3n) is 4.15. The van der Waals surface area contributed by atoms with Crippen molar-refractivity contribution in [2.24, 2.45) is 0 Å². The Labute approximate surface area is 145 Å². The molecule has 0 atom stereocenters. The molecule has 9 heteroatoms. The Balaban J connectivity index is 1.55. The first-order valence-corrected chi connectivity index (χ1v) is 10.3. The van der Waals surface area contributed by atoms with Gasteiger partial charge in [0.05, 0.1) is 11.7 Å². The molecule has 0 radical (unpaired) electrons. The van der Waals surface area contributed by atoms with E-state index < -0.39 is 10.0 Å². The highest BCUT2D eigenvalue weighted by Crippen LogP contribution is 2.21. The lowest BCUT2D eigenvalue weighted by molar-refractivity contribution is -0.121. The van der Waals surface area contributed by atoms with Gasteiger partial charge in [0, 0.05) is 19.0 Å². The molecule has 0 aliphatic heterocycles. The summed E-state index contributed by atoms with van der Waals surface area (Å²) in [6, 6.07) is 5.08. The van der Waals surface area contributed by atoms with Gasteiger partial charge in [-0.15, -0.1) is 0 Å². The van der Waals surface area contributed by atoms with Gasteiger partial charge in [-0.2, -0.15) is 8.75 Å². The third kappa shape index (κ3) is 4.08. The number of amides is 1. The lowest BCUT2D eigenvalue weighted by Gasteiger charge is -2.22. The molecule has 0 spiro atoms.